The molecule has 2 aliphatic rings. The van der Waals surface area contributed by atoms with Gasteiger partial charge in [-0.15, -0.1) is 0 Å². The van der Waals surface area contributed by atoms with Gasteiger partial charge >= 0.3 is 0 Å². The molecule has 21 heavy (non-hydrogen) atoms. The molecule has 1 aliphatic carbocycles. The highest BCUT2D eigenvalue weighted by molar-refractivity contribution is 6.30. The van der Waals surface area contributed by atoms with Gasteiger partial charge in [-0.05, 0) is 36.5 Å². The van der Waals surface area contributed by atoms with Crippen molar-refractivity contribution in [3.63, 3.8) is 0 Å². The van der Waals surface area contributed by atoms with Crippen LogP contribution in [0.4, 0.5) is 0 Å². The highest BCUT2D eigenvalue weighted by Gasteiger charge is 2.27. The fraction of sp³-hybridized carbons (Fsp3) is 0.667. The van der Waals surface area contributed by atoms with Gasteiger partial charge in [-0.25, -0.2) is 0 Å². The zero-order valence-electron chi connectivity index (χ0n) is 13.1. The normalized spacial score (nSPS) is 28.7. The van der Waals surface area contributed by atoms with Crippen LogP contribution in [0.3, 0.4) is 0 Å². The summed E-state index contributed by atoms with van der Waals surface area (Å²) < 4.78 is 0. The fourth-order valence-electron chi connectivity index (χ4n) is 3.91. The van der Waals surface area contributed by atoms with E-state index in [4.69, 9.17) is 11.6 Å². The van der Waals surface area contributed by atoms with Crippen molar-refractivity contribution in [1.29, 1.82) is 0 Å². The standard InChI is InChI=1S/C18H27ClN2/c1-15-4-2-7-18(12-15)21-10-8-20(9-11-21)14-16-5-3-6-17(19)13-16/h3,5-6,13,15,18H,2,4,7-12,14H2,1H3/t15-,18+/m1/s1. The van der Waals surface area contributed by atoms with Crippen LogP contribution in [0.15, 0.2) is 24.3 Å². The molecule has 3 heteroatoms. The van der Waals surface area contributed by atoms with Gasteiger partial charge in [-0.1, -0.05) is 43.5 Å². The van der Waals surface area contributed by atoms with Crippen LogP contribution in [-0.4, -0.2) is 42.0 Å². The summed E-state index contributed by atoms with van der Waals surface area (Å²) in [7, 11) is 0. The molecule has 1 aromatic rings. The smallest absolute Gasteiger partial charge is 0.0409 e. The SMILES string of the molecule is C[C@@H]1CCC[C@H](N2CCN(Cc3cccc(Cl)c3)CC2)C1. The second-order valence-corrected chi connectivity index (χ2v) is 7.30. The van der Waals surface area contributed by atoms with Crippen LogP contribution in [0.2, 0.25) is 5.02 Å². The fourth-order valence-corrected chi connectivity index (χ4v) is 4.13. The molecule has 2 atom stereocenters. The Kier molecular flexibility index (Phi) is 5.20. The summed E-state index contributed by atoms with van der Waals surface area (Å²) >= 11 is 6.07. The first-order valence-electron chi connectivity index (χ1n) is 8.41. The second kappa shape index (κ2) is 7.13. The van der Waals surface area contributed by atoms with Gasteiger partial charge in [-0.2, -0.15) is 0 Å². The first kappa shape index (κ1) is 15.3. The van der Waals surface area contributed by atoms with Gasteiger partial charge in [0.1, 0.15) is 0 Å². The predicted molar refractivity (Wildman–Crippen MR) is 89.7 cm³/mol. The predicted octanol–water partition coefficient (Wildman–Crippen LogP) is 4.04. The number of halogens is 1. The van der Waals surface area contributed by atoms with Crippen LogP contribution in [0.1, 0.15) is 38.2 Å². The Morgan fingerprint density at radius 3 is 2.67 bits per heavy atom. The molecule has 0 amide bonds. The number of hydrogen-bond acceptors (Lipinski definition) is 2. The lowest BCUT2D eigenvalue weighted by Crippen LogP contribution is -2.50. The maximum atomic E-state index is 6.07. The molecule has 116 valence electrons. The van der Waals surface area contributed by atoms with Crippen LogP contribution >= 0.6 is 11.6 Å². The van der Waals surface area contributed by atoms with Crippen molar-refractivity contribution in [1.82, 2.24) is 9.80 Å². The molecule has 2 nitrogen and oxygen atoms in total. The molecule has 0 N–H and O–H groups in total. The summed E-state index contributed by atoms with van der Waals surface area (Å²) in [5.41, 5.74) is 1.34. The quantitative estimate of drug-likeness (QED) is 0.831. The number of hydrogen-bond donors (Lipinski definition) is 0. The minimum absolute atomic E-state index is 0.849. The Morgan fingerprint density at radius 2 is 1.95 bits per heavy atom. The van der Waals surface area contributed by atoms with Gasteiger partial charge in [0.05, 0.1) is 0 Å². The highest BCUT2D eigenvalue weighted by atomic mass is 35.5. The van der Waals surface area contributed by atoms with Crippen LogP contribution in [0.5, 0.6) is 0 Å². The van der Waals surface area contributed by atoms with E-state index < -0.39 is 0 Å². The Labute approximate surface area is 134 Å². The molecular weight excluding hydrogens is 280 g/mol. The molecule has 1 aliphatic heterocycles. The summed E-state index contributed by atoms with van der Waals surface area (Å²) in [6.07, 6.45) is 5.69. The van der Waals surface area contributed by atoms with Crippen molar-refractivity contribution >= 4 is 11.6 Å². The summed E-state index contributed by atoms with van der Waals surface area (Å²) in [5.74, 6) is 0.924. The molecule has 1 aromatic carbocycles. The average molecular weight is 307 g/mol. The molecule has 0 aromatic heterocycles. The van der Waals surface area contributed by atoms with E-state index in [9.17, 15) is 0 Å². The number of piperazine rings is 1. The molecule has 2 fully saturated rings. The Balaban J connectivity index is 1.48. The lowest BCUT2D eigenvalue weighted by molar-refractivity contribution is 0.0659. The van der Waals surface area contributed by atoms with E-state index in [0.717, 1.165) is 23.5 Å². The Hall–Kier alpha value is -0.570. The van der Waals surface area contributed by atoms with E-state index in [2.05, 4.69) is 34.9 Å². The molecule has 3 rings (SSSR count). The van der Waals surface area contributed by atoms with Crippen LogP contribution in [0.25, 0.3) is 0 Å². The molecule has 0 spiro atoms. The van der Waals surface area contributed by atoms with Gasteiger partial charge in [-0.3, -0.25) is 9.80 Å². The summed E-state index contributed by atoms with van der Waals surface area (Å²) in [6.45, 7) is 8.31. The first-order chi connectivity index (χ1) is 10.2. The zero-order chi connectivity index (χ0) is 14.7. The largest absolute Gasteiger partial charge is 0.298 e. The lowest BCUT2D eigenvalue weighted by atomic mass is 9.86. The molecule has 1 saturated carbocycles. The minimum Gasteiger partial charge on any atom is -0.298 e. The van der Waals surface area contributed by atoms with Crippen LogP contribution in [0, 0.1) is 5.92 Å². The Bertz CT molecular complexity index is 454. The number of rotatable bonds is 3. The van der Waals surface area contributed by atoms with Crippen LogP contribution in [-0.2, 0) is 6.54 Å². The lowest BCUT2D eigenvalue weighted by Gasteiger charge is -2.42. The maximum Gasteiger partial charge on any atom is 0.0409 e. The van der Waals surface area contributed by atoms with Gasteiger partial charge in [0.25, 0.3) is 0 Å². The zero-order valence-corrected chi connectivity index (χ0v) is 13.9. The van der Waals surface area contributed by atoms with Crippen molar-refractivity contribution in [2.45, 2.75) is 45.2 Å². The van der Waals surface area contributed by atoms with E-state index in [0.29, 0.717) is 0 Å². The highest BCUT2D eigenvalue weighted by Crippen LogP contribution is 2.28. The molecule has 0 radical (unpaired) electrons. The second-order valence-electron chi connectivity index (χ2n) is 6.87. The van der Waals surface area contributed by atoms with Crippen molar-refractivity contribution in [3.8, 4) is 0 Å². The van der Waals surface area contributed by atoms with E-state index in [1.54, 1.807) is 0 Å². The number of benzene rings is 1. The molecule has 1 saturated heterocycles. The topological polar surface area (TPSA) is 6.48 Å². The average Bonchev–Trinajstić information content (AvgIpc) is 2.48. The summed E-state index contributed by atoms with van der Waals surface area (Å²) in [6, 6.07) is 9.13. The van der Waals surface area contributed by atoms with Crippen LogP contribution < -0.4 is 0 Å². The van der Waals surface area contributed by atoms with Crippen molar-refractivity contribution in [3.05, 3.63) is 34.9 Å². The van der Waals surface area contributed by atoms with Gasteiger partial charge in [0.2, 0.25) is 0 Å². The van der Waals surface area contributed by atoms with Crippen molar-refractivity contribution < 1.29 is 0 Å². The van der Waals surface area contributed by atoms with Gasteiger partial charge < -0.3 is 0 Å². The third-order valence-corrected chi connectivity index (χ3v) is 5.36. The third-order valence-electron chi connectivity index (χ3n) is 5.13. The van der Waals surface area contributed by atoms with E-state index in [1.165, 1.54) is 57.4 Å². The molecular formula is C18H27ClN2. The van der Waals surface area contributed by atoms with Crippen molar-refractivity contribution in [2.24, 2.45) is 5.92 Å². The van der Waals surface area contributed by atoms with E-state index in [-0.39, 0.29) is 0 Å². The monoisotopic (exact) mass is 306 g/mol. The van der Waals surface area contributed by atoms with Gasteiger partial charge in [0.15, 0.2) is 0 Å². The first-order valence-corrected chi connectivity index (χ1v) is 8.79. The van der Waals surface area contributed by atoms with Gasteiger partial charge in [0, 0.05) is 43.8 Å². The Morgan fingerprint density at radius 1 is 1.14 bits per heavy atom. The molecule has 0 unspecified atom stereocenters. The summed E-state index contributed by atoms with van der Waals surface area (Å²) in [5, 5.41) is 0.849. The summed E-state index contributed by atoms with van der Waals surface area (Å²) in [4.78, 5) is 5.30. The molecule has 1 heterocycles. The minimum atomic E-state index is 0.849. The number of nitrogens with zero attached hydrogens (tertiary/aromatic N) is 2. The van der Waals surface area contributed by atoms with E-state index >= 15 is 0 Å². The third kappa shape index (κ3) is 4.21. The molecule has 0 bridgehead atoms. The van der Waals surface area contributed by atoms with E-state index in [1.807, 2.05) is 6.07 Å². The van der Waals surface area contributed by atoms with Crippen molar-refractivity contribution in [2.75, 3.05) is 26.2 Å². The maximum absolute atomic E-state index is 6.07.